The quantitative estimate of drug-likeness (QED) is 0.170. The van der Waals surface area contributed by atoms with Crippen LogP contribution in [0.5, 0.6) is 0 Å². The third-order valence-electron chi connectivity index (χ3n) is 5.20. The van der Waals surface area contributed by atoms with E-state index in [-0.39, 0.29) is 0 Å². The van der Waals surface area contributed by atoms with Gasteiger partial charge in [0.15, 0.2) is 0 Å². The summed E-state index contributed by atoms with van der Waals surface area (Å²) in [7, 11) is 0. The van der Waals surface area contributed by atoms with Crippen LogP contribution in [0.2, 0.25) is 0 Å². The summed E-state index contributed by atoms with van der Waals surface area (Å²) in [6, 6.07) is 0. The first-order chi connectivity index (χ1) is 11.7. The van der Waals surface area contributed by atoms with Gasteiger partial charge in [-0.3, -0.25) is 9.80 Å². The minimum atomic E-state index is 0.609. The zero-order valence-electron chi connectivity index (χ0n) is 17.5. The maximum absolute atomic E-state index is 2.61. The molecule has 2 nitrogen and oxygen atoms in total. The van der Waals surface area contributed by atoms with Gasteiger partial charge in [-0.2, -0.15) is 0 Å². The molecule has 0 aromatic carbocycles. The Labute approximate surface area is 153 Å². The molecule has 0 heterocycles. The van der Waals surface area contributed by atoms with Crippen molar-refractivity contribution < 1.29 is 0 Å². The van der Waals surface area contributed by atoms with Gasteiger partial charge >= 0.3 is 0 Å². The summed E-state index contributed by atoms with van der Waals surface area (Å²) in [5, 5.41) is 0. The van der Waals surface area contributed by atoms with Gasteiger partial charge in [0.2, 0.25) is 0 Å². The highest BCUT2D eigenvalue weighted by atomic mass is 15.3. The van der Waals surface area contributed by atoms with Gasteiger partial charge in [0.25, 0.3) is 0 Å². The Morgan fingerprint density at radius 3 is 1.54 bits per heavy atom. The molecule has 0 aromatic heterocycles. The van der Waals surface area contributed by atoms with E-state index in [2.05, 4.69) is 56.6 Å². The number of unbranched alkanes of at least 4 members (excludes halogenated alkanes) is 7. The van der Waals surface area contributed by atoms with Crippen LogP contribution in [0.15, 0.2) is 12.2 Å². The molecule has 0 bridgehead atoms. The van der Waals surface area contributed by atoms with Gasteiger partial charge in [0.1, 0.15) is 0 Å². The van der Waals surface area contributed by atoms with Crippen molar-refractivity contribution in [2.24, 2.45) is 0 Å². The second-order valence-electron chi connectivity index (χ2n) is 6.88. The zero-order chi connectivity index (χ0) is 18.0. The van der Waals surface area contributed by atoms with Crippen molar-refractivity contribution >= 4 is 0 Å². The molecule has 2 heteroatoms. The Balaban J connectivity index is 3.93. The van der Waals surface area contributed by atoms with Gasteiger partial charge < -0.3 is 0 Å². The highest BCUT2D eigenvalue weighted by Crippen LogP contribution is 2.14. The van der Waals surface area contributed by atoms with Crippen molar-refractivity contribution in [3.8, 4) is 0 Å². The molecule has 0 atom stereocenters. The van der Waals surface area contributed by atoms with E-state index in [0.717, 1.165) is 26.2 Å². The topological polar surface area (TPSA) is 6.48 Å². The van der Waals surface area contributed by atoms with Crippen molar-refractivity contribution in [3.63, 3.8) is 0 Å². The standard InChI is InChI=1S/C22H46N2/c1-6-11-12-13-14-15-16-17-18-19-20-21-22(23(7-2)8-3)24(9-4)10-5/h18-19,22H,6-17,20-21H2,1-5H3. The molecule has 24 heavy (non-hydrogen) atoms. The summed E-state index contributed by atoms with van der Waals surface area (Å²) in [5.41, 5.74) is 0. The van der Waals surface area contributed by atoms with Gasteiger partial charge in [-0.1, -0.05) is 85.3 Å². The van der Waals surface area contributed by atoms with Crippen molar-refractivity contribution in [3.05, 3.63) is 12.2 Å². The van der Waals surface area contributed by atoms with Crippen LogP contribution in [-0.4, -0.2) is 42.1 Å². The molecule has 0 amide bonds. The van der Waals surface area contributed by atoms with E-state index in [1.807, 2.05) is 0 Å². The van der Waals surface area contributed by atoms with Gasteiger partial charge in [0.05, 0.1) is 6.17 Å². The van der Waals surface area contributed by atoms with Crippen LogP contribution in [0.4, 0.5) is 0 Å². The normalized spacial score (nSPS) is 12.3. The maximum Gasteiger partial charge on any atom is 0.0625 e. The van der Waals surface area contributed by atoms with Crippen molar-refractivity contribution in [1.29, 1.82) is 0 Å². The van der Waals surface area contributed by atoms with Crippen LogP contribution < -0.4 is 0 Å². The van der Waals surface area contributed by atoms with Gasteiger partial charge in [-0.05, 0) is 51.9 Å². The largest absolute Gasteiger partial charge is 0.288 e. The van der Waals surface area contributed by atoms with Crippen LogP contribution >= 0.6 is 0 Å². The highest BCUT2D eigenvalue weighted by molar-refractivity contribution is 4.84. The molecule has 0 saturated heterocycles. The van der Waals surface area contributed by atoms with Crippen LogP contribution in [0, 0.1) is 0 Å². The van der Waals surface area contributed by atoms with Gasteiger partial charge in [0, 0.05) is 0 Å². The van der Waals surface area contributed by atoms with E-state index < -0.39 is 0 Å². The zero-order valence-corrected chi connectivity index (χ0v) is 17.5. The van der Waals surface area contributed by atoms with Crippen molar-refractivity contribution in [2.45, 2.75) is 105 Å². The minimum absolute atomic E-state index is 0.609. The second kappa shape index (κ2) is 17.5. The van der Waals surface area contributed by atoms with E-state index in [1.165, 1.54) is 64.2 Å². The summed E-state index contributed by atoms with van der Waals surface area (Å²) in [5.74, 6) is 0. The number of rotatable bonds is 17. The molecule has 0 aliphatic carbocycles. The van der Waals surface area contributed by atoms with Crippen molar-refractivity contribution in [2.75, 3.05) is 26.2 Å². The van der Waals surface area contributed by atoms with Crippen LogP contribution in [0.3, 0.4) is 0 Å². The minimum Gasteiger partial charge on any atom is -0.288 e. The fourth-order valence-corrected chi connectivity index (χ4v) is 3.59. The molecule has 0 saturated carbocycles. The van der Waals surface area contributed by atoms with E-state index in [4.69, 9.17) is 0 Å². The Bertz CT molecular complexity index is 255. The van der Waals surface area contributed by atoms with Crippen LogP contribution in [0.1, 0.15) is 98.8 Å². The maximum atomic E-state index is 2.61. The number of hydrogen-bond donors (Lipinski definition) is 0. The third kappa shape index (κ3) is 11.3. The first-order valence-electron chi connectivity index (χ1n) is 10.9. The lowest BCUT2D eigenvalue weighted by atomic mass is 10.1. The average molecular weight is 339 g/mol. The molecule has 0 rings (SSSR count). The Morgan fingerprint density at radius 2 is 1.04 bits per heavy atom. The van der Waals surface area contributed by atoms with Gasteiger partial charge in [-0.25, -0.2) is 0 Å². The van der Waals surface area contributed by atoms with Crippen LogP contribution in [0.25, 0.3) is 0 Å². The molecule has 144 valence electrons. The fraction of sp³-hybridized carbons (Fsp3) is 0.909. The molecule has 0 N–H and O–H groups in total. The second-order valence-corrected chi connectivity index (χ2v) is 6.88. The first kappa shape index (κ1) is 23.7. The summed E-state index contributed by atoms with van der Waals surface area (Å²) in [4.78, 5) is 5.22. The molecular formula is C22H46N2. The summed E-state index contributed by atoms with van der Waals surface area (Å²) in [6.07, 6.45) is 19.1. The van der Waals surface area contributed by atoms with E-state index in [9.17, 15) is 0 Å². The van der Waals surface area contributed by atoms with Gasteiger partial charge in [-0.15, -0.1) is 0 Å². The smallest absolute Gasteiger partial charge is 0.0625 e. The molecular weight excluding hydrogens is 292 g/mol. The predicted molar refractivity (Wildman–Crippen MR) is 111 cm³/mol. The first-order valence-corrected chi connectivity index (χ1v) is 10.9. The Kier molecular flexibility index (Phi) is 17.2. The lowest BCUT2D eigenvalue weighted by Gasteiger charge is -2.38. The Hall–Kier alpha value is -0.340. The van der Waals surface area contributed by atoms with E-state index in [1.54, 1.807) is 0 Å². The number of hydrogen-bond acceptors (Lipinski definition) is 2. The molecule has 0 unspecified atom stereocenters. The summed E-state index contributed by atoms with van der Waals surface area (Å²) < 4.78 is 0. The fourth-order valence-electron chi connectivity index (χ4n) is 3.59. The molecule has 0 radical (unpaired) electrons. The van der Waals surface area contributed by atoms with Crippen molar-refractivity contribution in [1.82, 2.24) is 9.80 Å². The van der Waals surface area contributed by atoms with Crippen LogP contribution in [-0.2, 0) is 0 Å². The average Bonchev–Trinajstić information content (AvgIpc) is 2.61. The predicted octanol–water partition coefficient (Wildman–Crippen LogP) is 6.47. The molecule has 0 aliphatic rings. The molecule has 0 aliphatic heterocycles. The molecule has 0 spiro atoms. The third-order valence-corrected chi connectivity index (χ3v) is 5.20. The number of allylic oxidation sites excluding steroid dienone is 2. The summed E-state index contributed by atoms with van der Waals surface area (Å²) in [6.45, 7) is 16.0. The lowest BCUT2D eigenvalue weighted by molar-refractivity contribution is 0.0509. The molecule has 0 fully saturated rings. The summed E-state index contributed by atoms with van der Waals surface area (Å²) >= 11 is 0. The van der Waals surface area contributed by atoms with E-state index >= 15 is 0 Å². The number of nitrogens with zero attached hydrogens (tertiary/aromatic N) is 2. The highest BCUT2D eigenvalue weighted by Gasteiger charge is 2.19. The molecule has 0 aromatic rings. The van der Waals surface area contributed by atoms with E-state index in [0.29, 0.717) is 6.17 Å². The SMILES string of the molecule is CCCCCCCCCC=CCCC(N(CC)CC)N(CC)CC. The Morgan fingerprint density at radius 1 is 0.583 bits per heavy atom. The lowest BCUT2D eigenvalue weighted by Crippen LogP contribution is -2.48. The monoisotopic (exact) mass is 338 g/mol.